The molecule has 2 aliphatic rings. The largest absolute Gasteiger partial charge is 0.353 e. The molecule has 1 N–H and O–H groups in total. The predicted octanol–water partition coefficient (Wildman–Crippen LogP) is 3.41. The summed E-state index contributed by atoms with van der Waals surface area (Å²) in [7, 11) is 0. The van der Waals surface area contributed by atoms with E-state index in [1.165, 1.54) is 12.8 Å². The number of aryl methyl sites for hydroxylation is 2. The topological polar surface area (TPSA) is 79.6 Å². The summed E-state index contributed by atoms with van der Waals surface area (Å²) in [6.45, 7) is 6.77. The van der Waals surface area contributed by atoms with Crippen LogP contribution in [0, 0.1) is 13.8 Å². The maximum absolute atomic E-state index is 12.4. The molecular formula is C23H33N5O2. The fourth-order valence-electron chi connectivity index (χ4n) is 5.05. The monoisotopic (exact) mass is 411 g/mol. The molecule has 1 unspecified atom stereocenters. The van der Waals surface area contributed by atoms with Crippen LogP contribution in [0.25, 0.3) is 5.65 Å². The summed E-state index contributed by atoms with van der Waals surface area (Å²) in [5.41, 5.74) is 4.80. The lowest BCUT2D eigenvalue weighted by atomic mass is 10.1. The maximum Gasteiger partial charge on any atom is 0.222 e. The molecule has 4 rings (SSSR count). The number of rotatable bonds is 6. The van der Waals surface area contributed by atoms with Gasteiger partial charge in [0.1, 0.15) is 0 Å². The molecule has 162 valence electrons. The number of likely N-dealkylation sites (tertiary alicyclic amines) is 1. The second-order valence-electron chi connectivity index (χ2n) is 8.75. The number of aromatic nitrogens is 3. The molecule has 1 saturated carbocycles. The first-order valence-electron chi connectivity index (χ1n) is 11.4. The normalized spacial score (nSPS) is 19.7. The van der Waals surface area contributed by atoms with Gasteiger partial charge >= 0.3 is 0 Å². The molecule has 0 bridgehead atoms. The summed E-state index contributed by atoms with van der Waals surface area (Å²) in [6.07, 6.45) is 8.25. The summed E-state index contributed by atoms with van der Waals surface area (Å²) in [5, 5.41) is 8.00. The van der Waals surface area contributed by atoms with Crippen LogP contribution >= 0.6 is 0 Å². The van der Waals surface area contributed by atoms with Crippen LogP contribution in [0.4, 0.5) is 0 Å². The van der Waals surface area contributed by atoms with E-state index >= 15 is 0 Å². The van der Waals surface area contributed by atoms with Gasteiger partial charge in [0, 0.05) is 42.9 Å². The number of carbonyl (C=O) groups excluding carboxylic acids is 2. The smallest absolute Gasteiger partial charge is 0.222 e. The van der Waals surface area contributed by atoms with Crippen molar-refractivity contribution >= 4 is 17.5 Å². The standard InChI is InChI=1S/C23H33N5O2/c1-4-23(30)27-13-7-10-20(27)19-14-21-24-15(2)18(16(3)28(21)26-19)11-12-22(29)25-17-8-5-6-9-17/h14,17,20H,4-13H2,1-3H3,(H,25,29). The predicted molar refractivity (Wildman–Crippen MR) is 115 cm³/mol. The molecule has 7 heteroatoms. The van der Waals surface area contributed by atoms with Crippen molar-refractivity contribution in [3.63, 3.8) is 0 Å². The van der Waals surface area contributed by atoms with Gasteiger partial charge < -0.3 is 10.2 Å². The molecule has 2 amide bonds. The quantitative estimate of drug-likeness (QED) is 0.790. The van der Waals surface area contributed by atoms with Crippen molar-refractivity contribution in [2.75, 3.05) is 6.54 Å². The highest BCUT2D eigenvalue weighted by atomic mass is 16.2. The van der Waals surface area contributed by atoms with Gasteiger partial charge in [0.05, 0.1) is 11.7 Å². The van der Waals surface area contributed by atoms with E-state index < -0.39 is 0 Å². The number of nitrogens with one attached hydrogen (secondary N) is 1. The zero-order valence-electron chi connectivity index (χ0n) is 18.4. The summed E-state index contributed by atoms with van der Waals surface area (Å²) in [6, 6.07) is 2.41. The molecule has 0 aromatic carbocycles. The Balaban J connectivity index is 1.52. The average Bonchev–Trinajstić information content (AvgIpc) is 3.47. The average molecular weight is 412 g/mol. The number of amides is 2. The van der Waals surface area contributed by atoms with E-state index in [1.54, 1.807) is 0 Å². The van der Waals surface area contributed by atoms with E-state index in [-0.39, 0.29) is 17.9 Å². The first-order valence-corrected chi connectivity index (χ1v) is 11.4. The fourth-order valence-corrected chi connectivity index (χ4v) is 5.05. The van der Waals surface area contributed by atoms with Gasteiger partial charge in [-0.15, -0.1) is 0 Å². The van der Waals surface area contributed by atoms with Crippen molar-refractivity contribution in [3.8, 4) is 0 Å². The minimum absolute atomic E-state index is 0.0412. The van der Waals surface area contributed by atoms with Crippen LogP contribution in [0.5, 0.6) is 0 Å². The summed E-state index contributed by atoms with van der Waals surface area (Å²) in [4.78, 5) is 31.4. The Morgan fingerprint density at radius 1 is 1.17 bits per heavy atom. The Bertz CT molecular complexity index is 945. The van der Waals surface area contributed by atoms with Crippen LogP contribution in [-0.4, -0.2) is 43.9 Å². The molecular weight excluding hydrogens is 378 g/mol. The second-order valence-corrected chi connectivity index (χ2v) is 8.75. The zero-order chi connectivity index (χ0) is 21.3. The second kappa shape index (κ2) is 8.74. The summed E-state index contributed by atoms with van der Waals surface area (Å²) >= 11 is 0. The minimum Gasteiger partial charge on any atom is -0.353 e. The van der Waals surface area contributed by atoms with Gasteiger partial charge in [-0.05, 0) is 51.5 Å². The van der Waals surface area contributed by atoms with Crippen LogP contribution in [0.2, 0.25) is 0 Å². The van der Waals surface area contributed by atoms with Crippen molar-refractivity contribution < 1.29 is 9.59 Å². The molecule has 0 radical (unpaired) electrons. The van der Waals surface area contributed by atoms with Crippen LogP contribution < -0.4 is 5.32 Å². The van der Waals surface area contributed by atoms with Crippen molar-refractivity contribution in [2.45, 2.75) is 90.6 Å². The van der Waals surface area contributed by atoms with Crippen LogP contribution in [-0.2, 0) is 16.0 Å². The van der Waals surface area contributed by atoms with Crippen molar-refractivity contribution in [1.29, 1.82) is 0 Å². The van der Waals surface area contributed by atoms with Crippen LogP contribution in [0.1, 0.15) is 87.0 Å². The summed E-state index contributed by atoms with van der Waals surface area (Å²) < 4.78 is 1.89. The first kappa shape index (κ1) is 20.8. The number of carbonyl (C=O) groups is 2. The molecule has 2 aromatic rings. The molecule has 1 aliphatic heterocycles. The molecule has 2 aromatic heterocycles. The van der Waals surface area contributed by atoms with E-state index in [1.807, 2.05) is 36.3 Å². The third-order valence-corrected chi connectivity index (χ3v) is 6.72. The molecule has 2 fully saturated rings. The lowest BCUT2D eigenvalue weighted by molar-refractivity contribution is -0.131. The van der Waals surface area contributed by atoms with Gasteiger partial charge in [0.2, 0.25) is 11.8 Å². The van der Waals surface area contributed by atoms with E-state index in [2.05, 4.69) is 5.32 Å². The van der Waals surface area contributed by atoms with Crippen molar-refractivity contribution in [1.82, 2.24) is 24.8 Å². The van der Waals surface area contributed by atoms with Gasteiger partial charge in [0.15, 0.2) is 5.65 Å². The number of hydrogen-bond donors (Lipinski definition) is 1. The highest BCUT2D eigenvalue weighted by Gasteiger charge is 2.31. The molecule has 1 aliphatic carbocycles. The fraction of sp³-hybridized carbons (Fsp3) is 0.652. The third-order valence-electron chi connectivity index (χ3n) is 6.72. The molecule has 0 spiro atoms. The molecule has 30 heavy (non-hydrogen) atoms. The van der Waals surface area contributed by atoms with Gasteiger partial charge in [-0.2, -0.15) is 5.10 Å². The van der Waals surface area contributed by atoms with Gasteiger partial charge in [-0.3, -0.25) is 9.59 Å². The Morgan fingerprint density at radius 2 is 1.93 bits per heavy atom. The highest BCUT2D eigenvalue weighted by Crippen LogP contribution is 2.32. The summed E-state index contributed by atoms with van der Waals surface area (Å²) in [5.74, 6) is 0.311. The van der Waals surface area contributed by atoms with Crippen molar-refractivity contribution in [2.24, 2.45) is 0 Å². The Labute approximate surface area is 178 Å². The molecule has 1 atom stereocenters. The molecule has 3 heterocycles. The zero-order valence-corrected chi connectivity index (χ0v) is 18.4. The van der Waals surface area contributed by atoms with Gasteiger partial charge in [-0.25, -0.2) is 9.50 Å². The lowest BCUT2D eigenvalue weighted by Crippen LogP contribution is -2.32. The maximum atomic E-state index is 12.4. The van der Waals surface area contributed by atoms with Crippen LogP contribution in [0.3, 0.4) is 0 Å². The first-order chi connectivity index (χ1) is 14.5. The lowest BCUT2D eigenvalue weighted by Gasteiger charge is -2.22. The number of hydrogen-bond acceptors (Lipinski definition) is 4. The van der Waals surface area contributed by atoms with E-state index in [0.717, 1.165) is 60.5 Å². The van der Waals surface area contributed by atoms with E-state index in [0.29, 0.717) is 25.3 Å². The Kier molecular flexibility index (Phi) is 6.06. The van der Waals surface area contributed by atoms with Crippen molar-refractivity contribution in [3.05, 3.63) is 28.7 Å². The molecule has 1 saturated heterocycles. The van der Waals surface area contributed by atoms with Gasteiger partial charge in [-0.1, -0.05) is 19.8 Å². The highest BCUT2D eigenvalue weighted by molar-refractivity contribution is 5.77. The van der Waals surface area contributed by atoms with Crippen LogP contribution in [0.15, 0.2) is 6.07 Å². The van der Waals surface area contributed by atoms with E-state index in [9.17, 15) is 9.59 Å². The third kappa shape index (κ3) is 4.07. The Hall–Kier alpha value is -2.44. The Morgan fingerprint density at radius 3 is 2.67 bits per heavy atom. The number of nitrogens with zero attached hydrogens (tertiary/aromatic N) is 4. The number of fused-ring (bicyclic) bond motifs is 1. The SMILES string of the molecule is CCC(=O)N1CCCC1c1cc2nc(C)c(CCC(=O)NC3CCCC3)c(C)n2n1. The molecule has 7 nitrogen and oxygen atoms in total. The van der Waals surface area contributed by atoms with E-state index in [4.69, 9.17) is 10.1 Å². The van der Waals surface area contributed by atoms with Gasteiger partial charge in [0.25, 0.3) is 0 Å². The minimum atomic E-state index is 0.0412.